The number of methoxy groups -OCH3 is 1. The minimum absolute atomic E-state index is 0.0153. The maximum atomic E-state index is 13.1. The topological polar surface area (TPSA) is 94.2 Å². The van der Waals surface area contributed by atoms with Gasteiger partial charge in [-0.3, -0.25) is 4.79 Å². The first kappa shape index (κ1) is 23.3. The second-order valence-electron chi connectivity index (χ2n) is 6.84. The van der Waals surface area contributed by atoms with Crippen LogP contribution in [0.15, 0.2) is 47.4 Å². The average Bonchev–Trinajstić information content (AvgIpc) is 2.78. The predicted octanol–water partition coefficient (Wildman–Crippen LogP) is 3.17. The van der Waals surface area contributed by atoms with Gasteiger partial charge in [-0.2, -0.15) is 4.31 Å². The third-order valence-electron chi connectivity index (χ3n) is 4.76. The maximum Gasteiger partial charge on any atom is 0.265 e. The lowest BCUT2D eigenvalue weighted by Gasteiger charge is -2.27. The van der Waals surface area contributed by atoms with Gasteiger partial charge in [0.25, 0.3) is 5.91 Å². The van der Waals surface area contributed by atoms with Crippen LogP contribution in [0.3, 0.4) is 0 Å². The van der Waals surface area contributed by atoms with Gasteiger partial charge in [-0.15, -0.1) is 0 Å². The Hall–Kier alpha value is -2.33. The number of hydrogen-bond donors (Lipinski definition) is 1. The van der Waals surface area contributed by atoms with Gasteiger partial charge in [-0.05, 0) is 42.8 Å². The molecule has 2 aromatic rings. The summed E-state index contributed by atoms with van der Waals surface area (Å²) in [5.74, 6) is 0.272. The lowest BCUT2D eigenvalue weighted by Crippen LogP contribution is -2.40. The van der Waals surface area contributed by atoms with Crippen molar-refractivity contribution < 1.29 is 27.4 Å². The largest absolute Gasteiger partial charge is 0.495 e. The van der Waals surface area contributed by atoms with E-state index < -0.39 is 22.0 Å². The molecule has 1 N–H and O–H groups in total. The van der Waals surface area contributed by atoms with Gasteiger partial charge in [-0.25, -0.2) is 8.42 Å². The first-order chi connectivity index (χ1) is 14.8. The Morgan fingerprint density at radius 2 is 1.97 bits per heavy atom. The predicted molar refractivity (Wildman–Crippen MR) is 117 cm³/mol. The Kier molecular flexibility index (Phi) is 7.77. The van der Waals surface area contributed by atoms with Gasteiger partial charge in [0.2, 0.25) is 10.0 Å². The second kappa shape index (κ2) is 10.3. The number of amides is 1. The molecule has 10 heteroatoms. The van der Waals surface area contributed by atoms with Crippen LogP contribution in [0.4, 0.5) is 5.69 Å². The number of carbonyl (C=O) groups excluding carboxylic acids is 1. The molecule has 2 aromatic carbocycles. The molecule has 0 saturated carbocycles. The van der Waals surface area contributed by atoms with Gasteiger partial charge in [0, 0.05) is 23.8 Å². The zero-order valence-electron chi connectivity index (χ0n) is 17.3. The van der Waals surface area contributed by atoms with E-state index >= 15 is 0 Å². The van der Waals surface area contributed by atoms with Crippen LogP contribution in [0.5, 0.6) is 11.5 Å². The highest BCUT2D eigenvalue weighted by molar-refractivity contribution is 7.89. The first-order valence-corrected chi connectivity index (χ1v) is 11.7. The third-order valence-corrected chi connectivity index (χ3v) is 6.91. The molecule has 0 spiro atoms. The number of ether oxygens (including phenoxy) is 3. The number of halogens is 1. The molecule has 1 amide bonds. The maximum absolute atomic E-state index is 13.1. The van der Waals surface area contributed by atoms with Crippen molar-refractivity contribution >= 4 is 33.2 Å². The van der Waals surface area contributed by atoms with Crippen molar-refractivity contribution in [3.05, 3.63) is 47.5 Å². The normalized spacial score (nSPS) is 15.8. The molecule has 1 aliphatic rings. The number of benzene rings is 2. The highest BCUT2D eigenvalue weighted by atomic mass is 35.5. The Labute approximate surface area is 187 Å². The minimum atomic E-state index is -3.81. The average molecular weight is 469 g/mol. The van der Waals surface area contributed by atoms with Gasteiger partial charge in [0.1, 0.15) is 16.4 Å². The van der Waals surface area contributed by atoms with Crippen molar-refractivity contribution in [2.24, 2.45) is 0 Å². The quantitative estimate of drug-likeness (QED) is 0.639. The standard InChI is InChI=1S/C21H25ClN2O6S/c1-3-18(30-17-6-4-5-15(22)13-17)21(25)23-16-7-8-19(28-2)20(14-16)31(26,27)24-9-11-29-12-10-24/h4-8,13-14,18H,3,9-12H2,1-2H3,(H,23,25)/t18-/m0/s1. The number of rotatable bonds is 8. The van der Waals surface area contributed by atoms with Crippen molar-refractivity contribution in [3.63, 3.8) is 0 Å². The van der Waals surface area contributed by atoms with Gasteiger partial charge in [0.15, 0.2) is 6.10 Å². The number of nitrogens with zero attached hydrogens (tertiary/aromatic N) is 1. The van der Waals surface area contributed by atoms with Crippen LogP contribution in [0.2, 0.25) is 5.02 Å². The molecule has 1 aliphatic heterocycles. The molecular weight excluding hydrogens is 444 g/mol. The number of hydrogen-bond acceptors (Lipinski definition) is 6. The van der Waals surface area contributed by atoms with E-state index in [1.54, 1.807) is 30.3 Å². The Bertz CT molecular complexity index is 1020. The zero-order chi connectivity index (χ0) is 22.4. The summed E-state index contributed by atoms with van der Waals surface area (Å²) in [5.41, 5.74) is 0.325. The van der Waals surface area contributed by atoms with E-state index in [0.29, 0.717) is 36.1 Å². The van der Waals surface area contributed by atoms with E-state index in [1.165, 1.54) is 23.5 Å². The van der Waals surface area contributed by atoms with E-state index in [-0.39, 0.29) is 23.7 Å². The number of nitrogens with one attached hydrogen (secondary N) is 1. The van der Waals surface area contributed by atoms with Gasteiger partial charge < -0.3 is 19.5 Å². The highest BCUT2D eigenvalue weighted by Gasteiger charge is 2.30. The molecule has 31 heavy (non-hydrogen) atoms. The van der Waals surface area contributed by atoms with E-state index in [9.17, 15) is 13.2 Å². The summed E-state index contributed by atoms with van der Waals surface area (Å²) in [6, 6.07) is 11.3. The lowest BCUT2D eigenvalue weighted by atomic mass is 10.2. The molecule has 0 aromatic heterocycles. The second-order valence-corrected chi connectivity index (χ2v) is 9.19. The Morgan fingerprint density at radius 3 is 2.61 bits per heavy atom. The van der Waals surface area contributed by atoms with Crippen molar-refractivity contribution in [2.75, 3.05) is 38.7 Å². The van der Waals surface area contributed by atoms with Crippen LogP contribution in [0.1, 0.15) is 13.3 Å². The Balaban J connectivity index is 1.80. The van der Waals surface area contributed by atoms with E-state index in [4.69, 9.17) is 25.8 Å². The van der Waals surface area contributed by atoms with Crippen molar-refractivity contribution in [1.29, 1.82) is 0 Å². The fourth-order valence-electron chi connectivity index (χ4n) is 3.13. The summed E-state index contributed by atoms with van der Waals surface area (Å²) in [5, 5.41) is 3.24. The number of anilines is 1. The fraction of sp³-hybridized carbons (Fsp3) is 0.381. The van der Waals surface area contributed by atoms with Crippen LogP contribution < -0.4 is 14.8 Å². The monoisotopic (exact) mass is 468 g/mol. The third kappa shape index (κ3) is 5.68. The Morgan fingerprint density at radius 1 is 1.23 bits per heavy atom. The van der Waals surface area contributed by atoms with Crippen molar-refractivity contribution in [1.82, 2.24) is 4.31 Å². The van der Waals surface area contributed by atoms with Crippen molar-refractivity contribution in [2.45, 2.75) is 24.3 Å². The molecule has 3 rings (SSSR count). The molecule has 1 fully saturated rings. The van der Waals surface area contributed by atoms with Crippen LogP contribution >= 0.6 is 11.6 Å². The fourth-order valence-corrected chi connectivity index (χ4v) is 4.90. The zero-order valence-corrected chi connectivity index (χ0v) is 18.9. The minimum Gasteiger partial charge on any atom is -0.495 e. The molecule has 1 atom stereocenters. The number of sulfonamides is 1. The summed E-state index contributed by atoms with van der Waals surface area (Å²) in [6.07, 6.45) is -0.368. The molecule has 0 aliphatic carbocycles. The molecule has 0 unspecified atom stereocenters. The molecular formula is C21H25ClN2O6S. The van der Waals surface area contributed by atoms with Gasteiger partial charge in [-0.1, -0.05) is 24.6 Å². The van der Waals surface area contributed by atoms with Crippen molar-refractivity contribution in [3.8, 4) is 11.5 Å². The van der Waals surface area contributed by atoms with Crippen LogP contribution in [-0.4, -0.2) is 58.1 Å². The van der Waals surface area contributed by atoms with E-state index in [0.717, 1.165) is 0 Å². The molecule has 1 heterocycles. The number of morpholine rings is 1. The molecule has 168 valence electrons. The highest BCUT2D eigenvalue weighted by Crippen LogP contribution is 2.30. The number of carbonyl (C=O) groups is 1. The SMILES string of the molecule is CC[C@H](Oc1cccc(Cl)c1)C(=O)Nc1ccc(OC)c(S(=O)(=O)N2CCOCC2)c1. The molecule has 1 saturated heterocycles. The van der Waals surface area contributed by atoms with E-state index in [2.05, 4.69) is 5.32 Å². The first-order valence-electron chi connectivity index (χ1n) is 9.84. The van der Waals surface area contributed by atoms with Crippen LogP contribution in [-0.2, 0) is 19.6 Å². The van der Waals surface area contributed by atoms with Gasteiger partial charge >= 0.3 is 0 Å². The van der Waals surface area contributed by atoms with Gasteiger partial charge in [0.05, 0.1) is 20.3 Å². The van der Waals surface area contributed by atoms with Crippen LogP contribution in [0, 0.1) is 0 Å². The summed E-state index contributed by atoms with van der Waals surface area (Å²) in [7, 11) is -2.41. The summed E-state index contributed by atoms with van der Waals surface area (Å²) >= 11 is 5.97. The molecule has 0 bridgehead atoms. The molecule has 0 radical (unpaired) electrons. The van der Waals surface area contributed by atoms with Crippen LogP contribution in [0.25, 0.3) is 0 Å². The summed E-state index contributed by atoms with van der Waals surface area (Å²) in [6.45, 7) is 2.99. The lowest BCUT2D eigenvalue weighted by molar-refractivity contribution is -0.122. The summed E-state index contributed by atoms with van der Waals surface area (Å²) in [4.78, 5) is 12.8. The van der Waals surface area contributed by atoms with E-state index in [1.807, 2.05) is 6.92 Å². The summed E-state index contributed by atoms with van der Waals surface area (Å²) < 4.78 is 43.8. The molecule has 8 nitrogen and oxygen atoms in total. The smallest absolute Gasteiger partial charge is 0.265 e.